The first-order valence-electron chi connectivity index (χ1n) is 7.63. The van der Waals surface area contributed by atoms with Crippen molar-refractivity contribution in [2.24, 2.45) is 0 Å². The number of benzene rings is 2. The fourth-order valence-electron chi connectivity index (χ4n) is 3.41. The molecule has 2 atom stereocenters. The van der Waals surface area contributed by atoms with Gasteiger partial charge in [-0.15, -0.1) is 11.8 Å². The Kier molecular flexibility index (Phi) is 4.37. The quantitative estimate of drug-likeness (QED) is 0.902. The minimum Gasteiger partial charge on any atom is -0.316 e. The fraction of sp³-hybridized carbons (Fsp3) is 0.368. The molecule has 0 saturated carbocycles. The van der Waals surface area contributed by atoms with E-state index < -0.39 is 0 Å². The van der Waals surface area contributed by atoms with Crippen molar-refractivity contribution in [1.82, 2.24) is 5.32 Å². The van der Waals surface area contributed by atoms with Crippen LogP contribution in [0.3, 0.4) is 0 Å². The summed E-state index contributed by atoms with van der Waals surface area (Å²) in [5, 5.41) is 3.56. The fourth-order valence-corrected chi connectivity index (χ4v) is 4.74. The Balaban J connectivity index is 1.83. The van der Waals surface area contributed by atoms with E-state index in [9.17, 15) is 0 Å². The number of hydrogen-bond acceptors (Lipinski definition) is 2. The Morgan fingerprint density at radius 2 is 1.86 bits per heavy atom. The Hall–Kier alpha value is -1.25. The first-order chi connectivity index (χ1) is 10.2. The molecular weight excluding hydrogens is 274 g/mol. The van der Waals surface area contributed by atoms with Crippen LogP contribution in [0.2, 0.25) is 0 Å². The van der Waals surface area contributed by atoms with Crippen LogP contribution in [-0.2, 0) is 6.42 Å². The Morgan fingerprint density at radius 1 is 1.14 bits per heavy atom. The molecule has 1 nitrogen and oxygen atoms in total. The van der Waals surface area contributed by atoms with Gasteiger partial charge in [0.15, 0.2) is 0 Å². The summed E-state index contributed by atoms with van der Waals surface area (Å²) in [6.45, 7) is 4.37. The van der Waals surface area contributed by atoms with Gasteiger partial charge in [0, 0.05) is 22.6 Å². The lowest BCUT2D eigenvalue weighted by Gasteiger charge is -2.24. The lowest BCUT2D eigenvalue weighted by Crippen LogP contribution is -2.34. The third kappa shape index (κ3) is 3.17. The van der Waals surface area contributed by atoms with E-state index in [2.05, 4.69) is 68.7 Å². The maximum Gasteiger partial charge on any atom is 0.0182 e. The van der Waals surface area contributed by atoms with Crippen LogP contribution < -0.4 is 5.32 Å². The van der Waals surface area contributed by atoms with Gasteiger partial charge in [0.2, 0.25) is 0 Å². The van der Waals surface area contributed by atoms with Crippen molar-refractivity contribution in [3.63, 3.8) is 0 Å². The first kappa shape index (κ1) is 14.7. The number of likely N-dealkylation sites (N-methyl/N-ethyl adjacent to an activating group) is 1. The molecule has 0 saturated heterocycles. The average molecular weight is 297 g/mol. The van der Waals surface area contributed by atoms with Gasteiger partial charge in [-0.1, -0.05) is 47.5 Å². The molecule has 2 unspecified atom stereocenters. The van der Waals surface area contributed by atoms with Gasteiger partial charge >= 0.3 is 0 Å². The van der Waals surface area contributed by atoms with E-state index in [-0.39, 0.29) is 0 Å². The number of rotatable bonds is 4. The van der Waals surface area contributed by atoms with E-state index in [1.807, 2.05) is 11.8 Å². The van der Waals surface area contributed by atoms with E-state index in [0.717, 1.165) is 6.42 Å². The van der Waals surface area contributed by atoms with Crippen LogP contribution in [0, 0.1) is 13.8 Å². The van der Waals surface area contributed by atoms with Gasteiger partial charge < -0.3 is 5.32 Å². The molecular formula is C19H23NS. The standard InChI is InChI=1S/C19H23NS/c1-13-8-14(2)10-15(9-13)11-18(20-3)17-12-21-19-7-5-4-6-16(17)19/h4-10,17-18,20H,11-12H2,1-3H3. The Bertz CT molecular complexity index is 615. The van der Waals surface area contributed by atoms with Crippen molar-refractivity contribution in [2.45, 2.75) is 37.1 Å². The van der Waals surface area contributed by atoms with E-state index in [1.165, 1.54) is 32.9 Å². The first-order valence-corrected chi connectivity index (χ1v) is 8.62. The van der Waals surface area contributed by atoms with Crippen molar-refractivity contribution in [3.8, 4) is 0 Å². The molecule has 2 heteroatoms. The maximum atomic E-state index is 3.56. The van der Waals surface area contributed by atoms with Crippen molar-refractivity contribution >= 4 is 11.8 Å². The lowest BCUT2D eigenvalue weighted by atomic mass is 9.88. The predicted molar refractivity (Wildman–Crippen MR) is 92.4 cm³/mol. The summed E-state index contributed by atoms with van der Waals surface area (Å²) in [5.41, 5.74) is 5.69. The molecule has 110 valence electrons. The van der Waals surface area contributed by atoms with Crippen LogP contribution in [0.4, 0.5) is 0 Å². The Morgan fingerprint density at radius 3 is 2.57 bits per heavy atom. The second-order valence-corrected chi connectivity index (χ2v) is 7.11. The van der Waals surface area contributed by atoms with Crippen LogP contribution in [0.25, 0.3) is 0 Å². The average Bonchev–Trinajstić information content (AvgIpc) is 2.87. The molecule has 0 bridgehead atoms. The zero-order valence-electron chi connectivity index (χ0n) is 13.0. The monoisotopic (exact) mass is 297 g/mol. The second-order valence-electron chi connectivity index (χ2n) is 6.05. The highest BCUT2D eigenvalue weighted by molar-refractivity contribution is 7.99. The number of nitrogens with one attached hydrogen (secondary N) is 1. The molecule has 1 N–H and O–H groups in total. The van der Waals surface area contributed by atoms with Gasteiger partial charge in [-0.05, 0) is 44.5 Å². The normalized spacial score (nSPS) is 18.5. The van der Waals surface area contributed by atoms with Crippen molar-refractivity contribution < 1.29 is 0 Å². The van der Waals surface area contributed by atoms with Gasteiger partial charge in [-0.2, -0.15) is 0 Å². The van der Waals surface area contributed by atoms with Crippen LogP contribution in [0.1, 0.15) is 28.2 Å². The van der Waals surface area contributed by atoms with Gasteiger partial charge in [-0.25, -0.2) is 0 Å². The molecule has 0 fully saturated rings. The van der Waals surface area contributed by atoms with Gasteiger partial charge in [0.25, 0.3) is 0 Å². The topological polar surface area (TPSA) is 12.0 Å². The molecule has 3 rings (SSSR count). The number of thioether (sulfide) groups is 1. The van der Waals surface area contributed by atoms with Crippen molar-refractivity contribution in [3.05, 3.63) is 64.7 Å². The van der Waals surface area contributed by atoms with E-state index in [4.69, 9.17) is 0 Å². The van der Waals surface area contributed by atoms with Gasteiger partial charge in [-0.3, -0.25) is 0 Å². The zero-order valence-corrected chi connectivity index (χ0v) is 13.8. The molecule has 1 aliphatic heterocycles. The molecule has 0 aromatic heterocycles. The number of fused-ring (bicyclic) bond motifs is 1. The zero-order chi connectivity index (χ0) is 14.8. The lowest BCUT2D eigenvalue weighted by molar-refractivity contribution is 0.489. The molecule has 0 spiro atoms. The van der Waals surface area contributed by atoms with Gasteiger partial charge in [0.1, 0.15) is 0 Å². The van der Waals surface area contributed by atoms with Crippen LogP contribution in [0.5, 0.6) is 0 Å². The summed E-state index contributed by atoms with van der Waals surface area (Å²) in [6, 6.07) is 16.3. The third-order valence-electron chi connectivity index (χ3n) is 4.33. The summed E-state index contributed by atoms with van der Waals surface area (Å²) in [4.78, 5) is 1.46. The molecule has 1 aliphatic rings. The highest BCUT2D eigenvalue weighted by Crippen LogP contribution is 2.41. The Labute approximate surface area is 132 Å². The van der Waals surface area contributed by atoms with Crippen LogP contribution in [-0.4, -0.2) is 18.8 Å². The van der Waals surface area contributed by atoms with Crippen LogP contribution >= 0.6 is 11.8 Å². The third-order valence-corrected chi connectivity index (χ3v) is 5.54. The van der Waals surface area contributed by atoms with Crippen molar-refractivity contribution in [1.29, 1.82) is 0 Å². The second kappa shape index (κ2) is 6.25. The predicted octanol–water partition coefficient (Wildman–Crippen LogP) is 4.32. The summed E-state index contributed by atoms with van der Waals surface area (Å²) < 4.78 is 0. The SMILES string of the molecule is CNC(Cc1cc(C)cc(C)c1)C1CSc2ccccc21. The summed E-state index contributed by atoms with van der Waals surface area (Å²) in [7, 11) is 2.10. The summed E-state index contributed by atoms with van der Waals surface area (Å²) in [5.74, 6) is 1.80. The molecule has 0 radical (unpaired) electrons. The summed E-state index contributed by atoms with van der Waals surface area (Å²) in [6.07, 6.45) is 1.10. The minimum atomic E-state index is 0.502. The smallest absolute Gasteiger partial charge is 0.0182 e. The van der Waals surface area contributed by atoms with Crippen molar-refractivity contribution in [2.75, 3.05) is 12.8 Å². The molecule has 2 aromatic rings. The highest BCUT2D eigenvalue weighted by Gasteiger charge is 2.29. The number of hydrogen-bond donors (Lipinski definition) is 1. The van der Waals surface area contributed by atoms with Crippen LogP contribution in [0.15, 0.2) is 47.4 Å². The minimum absolute atomic E-state index is 0.502. The maximum absolute atomic E-state index is 3.56. The summed E-state index contributed by atoms with van der Waals surface area (Å²) >= 11 is 2.00. The molecule has 2 aromatic carbocycles. The molecule has 21 heavy (non-hydrogen) atoms. The van der Waals surface area contributed by atoms with E-state index >= 15 is 0 Å². The highest BCUT2D eigenvalue weighted by atomic mass is 32.2. The van der Waals surface area contributed by atoms with Gasteiger partial charge in [0.05, 0.1) is 0 Å². The largest absolute Gasteiger partial charge is 0.316 e. The van der Waals surface area contributed by atoms with E-state index in [0.29, 0.717) is 12.0 Å². The molecule has 0 aliphatic carbocycles. The molecule has 0 amide bonds. The molecule has 1 heterocycles. The number of aryl methyl sites for hydroxylation is 2. The van der Waals surface area contributed by atoms with E-state index in [1.54, 1.807) is 0 Å².